The first-order valence-electron chi connectivity index (χ1n) is 6.93. The average molecular weight is 302 g/mol. The Bertz CT molecular complexity index is 686. The van der Waals surface area contributed by atoms with Crippen LogP contribution in [0.1, 0.15) is 45.8 Å². The summed E-state index contributed by atoms with van der Waals surface area (Å²) in [4.78, 5) is 23.2. The predicted octanol–water partition coefficient (Wildman–Crippen LogP) is 2.41. The van der Waals surface area contributed by atoms with Crippen LogP contribution in [0, 0.1) is 13.8 Å². The number of rotatable bonds is 5. The predicted molar refractivity (Wildman–Crippen MR) is 79.6 cm³/mol. The van der Waals surface area contributed by atoms with Gasteiger partial charge >= 0.3 is 5.97 Å². The molecule has 0 aliphatic rings. The van der Waals surface area contributed by atoms with Gasteiger partial charge in [0.25, 0.3) is 0 Å². The van der Waals surface area contributed by atoms with E-state index in [0.717, 1.165) is 11.1 Å². The van der Waals surface area contributed by atoms with Crippen LogP contribution in [0.3, 0.4) is 0 Å². The van der Waals surface area contributed by atoms with Crippen molar-refractivity contribution in [1.29, 1.82) is 0 Å². The van der Waals surface area contributed by atoms with Crippen LogP contribution < -0.4 is 5.32 Å². The lowest BCUT2D eigenvalue weighted by atomic mass is 9.98. The van der Waals surface area contributed by atoms with Gasteiger partial charge in [0.2, 0.25) is 5.91 Å². The van der Waals surface area contributed by atoms with Gasteiger partial charge in [-0.15, -0.1) is 0 Å². The number of amides is 1. The highest BCUT2D eigenvalue weighted by atomic mass is 16.5. The van der Waals surface area contributed by atoms with Crippen molar-refractivity contribution in [3.05, 3.63) is 52.4 Å². The van der Waals surface area contributed by atoms with E-state index < -0.39 is 5.97 Å². The van der Waals surface area contributed by atoms with Gasteiger partial charge in [0.1, 0.15) is 5.76 Å². The quantitative estimate of drug-likeness (QED) is 0.884. The Morgan fingerprint density at radius 3 is 2.68 bits per heavy atom. The molecule has 1 amide bonds. The molecule has 116 valence electrons. The van der Waals surface area contributed by atoms with Gasteiger partial charge in [0, 0.05) is 12.1 Å². The van der Waals surface area contributed by atoms with E-state index >= 15 is 0 Å². The summed E-state index contributed by atoms with van der Waals surface area (Å²) >= 11 is 0. The standard InChI is InChI=1S/C16H18N2O4/c1-9(14-10(2)18-22-11(14)3)15(19)17-8-12-5-4-6-13(7-12)16(20)21/h4-7,9H,8H2,1-3H3,(H,17,19)(H,20,21)/t9-/m1/s1. The molecule has 0 spiro atoms. The van der Waals surface area contributed by atoms with E-state index in [1.54, 1.807) is 39.0 Å². The normalized spacial score (nSPS) is 12.0. The molecule has 2 N–H and O–H groups in total. The van der Waals surface area contributed by atoms with E-state index in [2.05, 4.69) is 10.5 Å². The number of aromatic carboxylic acids is 1. The summed E-state index contributed by atoms with van der Waals surface area (Å²) in [5.74, 6) is -0.894. The van der Waals surface area contributed by atoms with Crippen LogP contribution in [0.4, 0.5) is 0 Å². The van der Waals surface area contributed by atoms with Crippen molar-refractivity contribution < 1.29 is 19.2 Å². The molecule has 1 aromatic carbocycles. The number of benzene rings is 1. The highest BCUT2D eigenvalue weighted by Gasteiger charge is 2.22. The van der Waals surface area contributed by atoms with Crippen molar-refractivity contribution in [3.8, 4) is 0 Å². The second kappa shape index (κ2) is 6.43. The van der Waals surface area contributed by atoms with Crippen LogP contribution in [-0.2, 0) is 11.3 Å². The Labute approximate surface area is 128 Å². The third kappa shape index (κ3) is 3.33. The molecule has 22 heavy (non-hydrogen) atoms. The summed E-state index contributed by atoms with van der Waals surface area (Å²) in [6.07, 6.45) is 0. The fourth-order valence-corrected chi connectivity index (χ4v) is 2.40. The lowest BCUT2D eigenvalue weighted by Crippen LogP contribution is -2.28. The van der Waals surface area contributed by atoms with Crippen LogP contribution >= 0.6 is 0 Å². The maximum atomic E-state index is 12.2. The number of hydrogen-bond donors (Lipinski definition) is 2. The number of carbonyl (C=O) groups excluding carboxylic acids is 1. The highest BCUT2D eigenvalue weighted by Crippen LogP contribution is 2.23. The van der Waals surface area contributed by atoms with Gasteiger partial charge in [-0.05, 0) is 38.5 Å². The van der Waals surface area contributed by atoms with Crippen LogP contribution in [-0.4, -0.2) is 22.1 Å². The largest absolute Gasteiger partial charge is 0.478 e. The Hall–Kier alpha value is -2.63. The smallest absolute Gasteiger partial charge is 0.335 e. The van der Waals surface area contributed by atoms with E-state index in [4.69, 9.17) is 9.63 Å². The molecular formula is C16H18N2O4. The number of aryl methyl sites for hydroxylation is 2. The average Bonchev–Trinajstić information content (AvgIpc) is 2.83. The summed E-state index contributed by atoms with van der Waals surface area (Å²) in [7, 11) is 0. The van der Waals surface area contributed by atoms with E-state index in [-0.39, 0.29) is 23.9 Å². The van der Waals surface area contributed by atoms with Crippen molar-refractivity contribution in [3.63, 3.8) is 0 Å². The SMILES string of the molecule is Cc1noc(C)c1[C@@H](C)C(=O)NCc1cccc(C(=O)O)c1. The van der Waals surface area contributed by atoms with Gasteiger partial charge in [0.05, 0.1) is 17.2 Å². The number of carbonyl (C=O) groups is 2. The van der Waals surface area contributed by atoms with Crippen molar-refractivity contribution in [2.45, 2.75) is 33.2 Å². The molecule has 0 unspecified atom stereocenters. The van der Waals surface area contributed by atoms with E-state index in [1.165, 1.54) is 6.07 Å². The zero-order chi connectivity index (χ0) is 16.3. The molecule has 0 saturated heterocycles. The molecule has 6 nitrogen and oxygen atoms in total. The highest BCUT2D eigenvalue weighted by molar-refractivity contribution is 5.88. The van der Waals surface area contributed by atoms with E-state index in [1.807, 2.05) is 0 Å². The van der Waals surface area contributed by atoms with Gasteiger partial charge in [-0.2, -0.15) is 0 Å². The zero-order valence-electron chi connectivity index (χ0n) is 12.7. The minimum atomic E-state index is -0.989. The second-order valence-electron chi connectivity index (χ2n) is 5.18. The van der Waals surface area contributed by atoms with Crippen LogP contribution in [0.2, 0.25) is 0 Å². The molecule has 2 rings (SSSR count). The molecule has 6 heteroatoms. The van der Waals surface area contributed by atoms with Crippen molar-refractivity contribution in [2.75, 3.05) is 0 Å². The van der Waals surface area contributed by atoms with E-state index in [9.17, 15) is 9.59 Å². The lowest BCUT2D eigenvalue weighted by Gasteiger charge is -2.12. The molecule has 0 bridgehead atoms. The summed E-state index contributed by atoms with van der Waals surface area (Å²) in [5, 5.41) is 15.6. The van der Waals surface area contributed by atoms with Gasteiger partial charge in [-0.3, -0.25) is 4.79 Å². The number of hydrogen-bond acceptors (Lipinski definition) is 4. The maximum Gasteiger partial charge on any atom is 0.335 e. The topological polar surface area (TPSA) is 92.4 Å². The Morgan fingerprint density at radius 1 is 1.36 bits per heavy atom. The fraction of sp³-hybridized carbons (Fsp3) is 0.312. The molecule has 1 atom stereocenters. The molecule has 0 aliphatic heterocycles. The van der Waals surface area contributed by atoms with Crippen molar-refractivity contribution in [2.24, 2.45) is 0 Å². The van der Waals surface area contributed by atoms with Crippen LogP contribution in [0.25, 0.3) is 0 Å². The van der Waals surface area contributed by atoms with Gasteiger partial charge in [-0.25, -0.2) is 4.79 Å². The molecule has 0 aliphatic carbocycles. The van der Waals surface area contributed by atoms with E-state index in [0.29, 0.717) is 11.5 Å². The summed E-state index contributed by atoms with van der Waals surface area (Å²) < 4.78 is 5.08. The number of aromatic nitrogens is 1. The summed E-state index contributed by atoms with van der Waals surface area (Å²) in [6.45, 7) is 5.63. The third-order valence-electron chi connectivity index (χ3n) is 3.56. The van der Waals surface area contributed by atoms with Gasteiger partial charge in [-0.1, -0.05) is 17.3 Å². The monoisotopic (exact) mass is 302 g/mol. The zero-order valence-corrected chi connectivity index (χ0v) is 12.7. The summed E-state index contributed by atoms with van der Waals surface area (Å²) in [5.41, 5.74) is 2.43. The Kier molecular flexibility index (Phi) is 4.60. The first kappa shape index (κ1) is 15.8. The number of nitrogens with zero attached hydrogens (tertiary/aromatic N) is 1. The van der Waals surface area contributed by atoms with Gasteiger partial charge in [0.15, 0.2) is 0 Å². The first-order valence-corrected chi connectivity index (χ1v) is 6.93. The minimum Gasteiger partial charge on any atom is -0.478 e. The maximum absolute atomic E-state index is 12.2. The van der Waals surface area contributed by atoms with Crippen molar-refractivity contribution in [1.82, 2.24) is 10.5 Å². The molecule has 0 saturated carbocycles. The third-order valence-corrected chi connectivity index (χ3v) is 3.56. The minimum absolute atomic E-state index is 0.157. The molecule has 2 aromatic rings. The molecule has 1 aromatic heterocycles. The molecular weight excluding hydrogens is 284 g/mol. The molecule has 0 fully saturated rings. The molecule has 0 radical (unpaired) electrons. The lowest BCUT2D eigenvalue weighted by molar-refractivity contribution is -0.122. The Balaban J connectivity index is 2.04. The Morgan fingerprint density at radius 2 is 2.09 bits per heavy atom. The number of nitrogens with one attached hydrogen (secondary N) is 1. The van der Waals surface area contributed by atoms with Crippen LogP contribution in [0.15, 0.2) is 28.8 Å². The molecule has 1 heterocycles. The fourth-order valence-electron chi connectivity index (χ4n) is 2.40. The van der Waals surface area contributed by atoms with Crippen LogP contribution in [0.5, 0.6) is 0 Å². The van der Waals surface area contributed by atoms with Gasteiger partial charge < -0.3 is 14.9 Å². The number of carboxylic acid groups (broad SMARTS) is 1. The number of carboxylic acids is 1. The second-order valence-corrected chi connectivity index (χ2v) is 5.18. The van der Waals surface area contributed by atoms with Crippen molar-refractivity contribution >= 4 is 11.9 Å². The first-order chi connectivity index (χ1) is 10.4. The summed E-state index contributed by atoms with van der Waals surface area (Å²) in [6, 6.07) is 6.49.